The summed E-state index contributed by atoms with van der Waals surface area (Å²) in [5.74, 6) is 0. The van der Waals surface area contributed by atoms with Crippen LogP contribution in [0.4, 0.5) is 0 Å². The average Bonchev–Trinajstić information content (AvgIpc) is 2.18. The standard InChI is InChI=1S/C48H76N2O34/c51-7-15-36-23(59)30(66)44(73-15)81-38-17(9-53)75-46(32(68)25(38)61)83-40-19(11-55)77-48(34(70)27(40)63)84-41-20(12-56)76-47(33(69)26(41)62)82-39-18(10-54)74-45(31(67)24(39)60)80-37-16(8-52)72-43(29(65)22(37)58)78-35-14(71-42(79-36)28(64)21(35)57)6-50-5-13-1-3-49-4-2-13/h1-4,14-48,50-70H,5-12H2/t14-,15-,16-,17-,18-,19-,20-,21-,22-,23-,24-,25-,26-,27-,28-,29-,30-,31-,32-,33-,34-,35-,36-,37-,38-,39-,40-,41-,42-,43-,44-,45-,46-,47-,48-/m1/s1. The molecule has 0 saturated carbocycles. The third-order valence-corrected chi connectivity index (χ3v) is 16.0. The molecular weight excluding hydrogens is 1150 g/mol. The van der Waals surface area contributed by atoms with Crippen LogP contribution >= 0.6 is 0 Å². The van der Waals surface area contributed by atoms with Gasteiger partial charge in [-0.3, -0.25) is 4.98 Å². The maximum absolute atomic E-state index is 11.8. The maximum Gasteiger partial charge on any atom is 0.187 e. The van der Waals surface area contributed by atoms with Gasteiger partial charge in [0.05, 0.1) is 39.6 Å². The van der Waals surface area contributed by atoms with Gasteiger partial charge >= 0.3 is 0 Å². The molecule has 0 amide bonds. The smallest absolute Gasteiger partial charge is 0.187 e. The highest BCUT2D eigenvalue weighted by Gasteiger charge is 2.59. The Labute approximate surface area is 475 Å². The molecule has 14 bridgehead atoms. The SMILES string of the molecule is OC[C@H]1O[C@@H]2O[C@H]3[C@H](O)[C@@H](O)[C@@H](O[C@H]4[C@H](O)[C@@H](O)[C@@H](O[C@H]5[C@H](O)[C@@H](O)[C@@H](O[C@H]6[C@H](O)[C@@H](O)[C@@H](O[C@H]7[C@H](O)[C@@H](O)[C@@H](O[C@H]8[C@H](O)[C@@H](O)[C@@H](O[C@H]1[C@H](O)[C@H]2O)O[C@@H]8CO)O[C@@H]7CO)O[C@@H]6CO)O[C@@H]5CNCc1ccncc1)O[C@@H]4CO)O[C@@H]3CO. The van der Waals surface area contributed by atoms with Crippen molar-refractivity contribution in [2.24, 2.45) is 0 Å². The quantitative estimate of drug-likeness (QED) is 0.103. The van der Waals surface area contributed by atoms with Gasteiger partial charge < -0.3 is 174 Å². The Kier molecular flexibility index (Phi) is 22.6. The molecule has 22 rings (SSSR count). The Morgan fingerprint density at radius 2 is 0.464 bits per heavy atom. The zero-order chi connectivity index (χ0) is 60.6. The van der Waals surface area contributed by atoms with E-state index in [-0.39, 0.29) is 13.1 Å². The van der Waals surface area contributed by atoms with Crippen LogP contribution in [-0.2, 0) is 72.9 Å². The van der Waals surface area contributed by atoms with E-state index in [1.807, 2.05) is 0 Å². The van der Waals surface area contributed by atoms with E-state index in [9.17, 15) is 102 Å². The molecule has 21 aliphatic rings. The molecule has 0 unspecified atom stereocenters. The second-order valence-electron chi connectivity index (χ2n) is 21.5. The minimum Gasteiger partial charge on any atom is -0.394 e. The molecule has 84 heavy (non-hydrogen) atoms. The molecular formula is C48H76N2O34. The summed E-state index contributed by atoms with van der Waals surface area (Å²) < 4.78 is 81.3. The fourth-order valence-electron chi connectivity index (χ4n) is 11.3. The monoisotopic (exact) mass is 1220 g/mol. The van der Waals surface area contributed by atoms with Crippen molar-refractivity contribution in [3.05, 3.63) is 30.1 Å². The zero-order valence-corrected chi connectivity index (χ0v) is 44.3. The molecule has 0 aliphatic carbocycles. The van der Waals surface area contributed by atoms with E-state index in [0.717, 1.165) is 0 Å². The number of nitrogens with zero attached hydrogens (tertiary/aromatic N) is 1. The lowest BCUT2D eigenvalue weighted by molar-refractivity contribution is -0.396. The van der Waals surface area contributed by atoms with E-state index >= 15 is 0 Å². The number of hydrogen-bond acceptors (Lipinski definition) is 36. The molecule has 0 radical (unpaired) electrons. The Hall–Kier alpha value is -2.25. The maximum atomic E-state index is 11.8. The van der Waals surface area contributed by atoms with Crippen molar-refractivity contribution in [3.8, 4) is 0 Å². The van der Waals surface area contributed by atoms with Gasteiger partial charge in [-0.15, -0.1) is 0 Å². The summed E-state index contributed by atoms with van der Waals surface area (Å²) >= 11 is 0. The number of aliphatic hydroxyl groups excluding tert-OH is 20. The lowest BCUT2D eigenvalue weighted by Gasteiger charge is -2.50. The van der Waals surface area contributed by atoms with Crippen molar-refractivity contribution in [3.63, 3.8) is 0 Å². The molecule has 36 heteroatoms. The van der Waals surface area contributed by atoms with Gasteiger partial charge in [0, 0.05) is 25.5 Å². The molecule has 1 aromatic rings. The first-order chi connectivity index (χ1) is 40.2. The molecule has 0 aromatic carbocycles. The fourth-order valence-corrected chi connectivity index (χ4v) is 11.3. The second kappa shape index (κ2) is 28.7. The van der Waals surface area contributed by atoms with Crippen molar-refractivity contribution in [1.82, 2.24) is 10.3 Å². The predicted molar refractivity (Wildman–Crippen MR) is 257 cm³/mol. The van der Waals surface area contributed by atoms with Crippen molar-refractivity contribution < 1.29 is 168 Å². The third kappa shape index (κ3) is 13.5. The highest BCUT2D eigenvalue weighted by molar-refractivity contribution is 5.09. The Bertz CT molecular complexity index is 2160. The van der Waals surface area contributed by atoms with E-state index in [0.29, 0.717) is 5.56 Å². The Morgan fingerprint density at radius 3 is 0.667 bits per heavy atom. The van der Waals surface area contributed by atoms with Gasteiger partial charge in [0.15, 0.2) is 44.0 Å². The van der Waals surface area contributed by atoms with Crippen molar-refractivity contribution in [2.45, 2.75) is 221 Å². The van der Waals surface area contributed by atoms with Crippen molar-refractivity contribution >= 4 is 0 Å². The van der Waals surface area contributed by atoms with Crippen LogP contribution in [0.25, 0.3) is 0 Å². The number of hydrogen-bond donors (Lipinski definition) is 21. The first-order valence-corrected chi connectivity index (χ1v) is 27.1. The Morgan fingerprint density at radius 1 is 0.274 bits per heavy atom. The Balaban J connectivity index is 1.01. The number of nitrogens with one attached hydrogen (secondary N) is 1. The molecule has 22 heterocycles. The fraction of sp³-hybridized carbons (Fsp3) is 0.896. The van der Waals surface area contributed by atoms with Gasteiger partial charge in [-0.2, -0.15) is 0 Å². The van der Waals surface area contributed by atoms with Gasteiger partial charge in [-0.25, -0.2) is 0 Å². The lowest BCUT2D eigenvalue weighted by Crippen LogP contribution is -2.68. The van der Waals surface area contributed by atoms with Gasteiger partial charge in [0.25, 0.3) is 0 Å². The van der Waals surface area contributed by atoms with Gasteiger partial charge in [-0.05, 0) is 17.7 Å². The first kappa shape index (κ1) is 66.2. The lowest BCUT2D eigenvalue weighted by atomic mass is 9.95. The van der Waals surface area contributed by atoms with Gasteiger partial charge in [0.2, 0.25) is 0 Å². The van der Waals surface area contributed by atoms with Gasteiger partial charge in [0.1, 0.15) is 171 Å². The summed E-state index contributed by atoms with van der Waals surface area (Å²) in [6, 6.07) is 3.33. The van der Waals surface area contributed by atoms with Crippen LogP contribution in [0.5, 0.6) is 0 Å². The van der Waals surface area contributed by atoms with E-state index in [1.165, 1.54) is 12.4 Å². The van der Waals surface area contributed by atoms with E-state index in [2.05, 4.69) is 10.3 Å². The highest BCUT2D eigenvalue weighted by atomic mass is 16.8. The van der Waals surface area contributed by atoms with Crippen molar-refractivity contribution in [1.29, 1.82) is 0 Å². The molecule has 21 saturated heterocycles. The molecule has 21 N–H and O–H groups in total. The number of aromatic nitrogens is 1. The van der Waals surface area contributed by atoms with Crippen molar-refractivity contribution in [2.75, 3.05) is 46.2 Å². The number of aliphatic hydroxyl groups is 20. The van der Waals surface area contributed by atoms with E-state index in [4.69, 9.17) is 66.3 Å². The predicted octanol–water partition coefficient (Wildman–Crippen LogP) is -14.0. The minimum absolute atomic E-state index is 0.130. The normalized spacial score (nSPS) is 51.7. The second-order valence-corrected chi connectivity index (χ2v) is 21.5. The summed E-state index contributed by atoms with van der Waals surface area (Å²) in [5.41, 5.74) is 0.705. The topological polar surface area (TPSA) is 559 Å². The molecule has 1 aromatic heterocycles. The molecule has 0 spiro atoms. The number of ether oxygens (including phenoxy) is 14. The van der Waals surface area contributed by atoms with E-state index in [1.54, 1.807) is 12.1 Å². The van der Waals surface area contributed by atoms with Crippen LogP contribution in [0, 0.1) is 0 Å². The van der Waals surface area contributed by atoms with Crippen LogP contribution in [0.15, 0.2) is 24.5 Å². The number of pyridine rings is 1. The molecule has 21 fully saturated rings. The highest BCUT2D eigenvalue weighted by Crippen LogP contribution is 2.39. The number of rotatable bonds is 10. The largest absolute Gasteiger partial charge is 0.394 e. The van der Waals surface area contributed by atoms with Crippen LogP contribution in [0.3, 0.4) is 0 Å². The minimum atomic E-state index is -2.21. The van der Waals surface area contributed by atoms with Crippen LogP contribution in [-0.4, -0.2) is 368 Å². The molecule has 21 aliphatic heterocycles. The molecule has 482 valence electrons. The summed E-state index contributed by atoms with van der Waals surface area (Å²) in [5, 5.41) is 226. The third-order valence-electron chi connectivity index (χ3n) is 16.0. The summed E-state index contributed by atoms with van der Waals surface area (Å²) in [6.07, 6.45) is -66.4. The van der Waals surface area contributed by atoms with Gasteiger partial charge in [-0.1, -0.05) is 0 Å². The molecule has 36 nitrogen and oxygen atoms in total. The first-order valence-electron chi connectivity index (χ1n) is 27.1. The van der Waals surface area contributed by atoms with E-state index < -0.39 is 255 Å². The zero-order valence-electron chi connectivity index (χ0n) is 44.3. The summed E-state index contributed by atoms with van der Waals surface area (Å²) in [4.78, 5) is 3.97. The van der Waals surface area contributed by atoms with Crippen LogP contribution < -0.4 is 5.32 Å². The molecule has 35 atom stereocenters. The van der Waals surface area contributed by atoms with Crippen LogP contribution in [0.2, 0.25) is 0 Å². The average molecular weight is 1230 g/mol. The summed E-state index contributed by atoms with van der Waals surface area (Å²) in [6.45, 7) is -6.37. The summed E-state index contributed by atoms with van der Waals surface area (Å²) in [7, 11) is 0. The van der Waals surface area contributed by atoms with Crippen LogP contribution in [0.1, 0.15) is 5.56 Å².